The van der Waals surface area contributed by atoms with Gasteiger partial charge in [-0.05, 0) is 25.3 Å². The molecule has 0 saturated heterocycles. The maximum absolute atomic E-state index is 11.7. The maximum atomic E-state index is 11.7. The van der Waals surface area contributed by atoms with Crippen molar-refractivity contribution < 1.29 is 9.59 Å². The van der Waals surface area contributed by atoms with Crippen molar-refractivity contribution in [3.05, 3.63) is 22.5 Å². The minimum Gasteiger partial charge on any atom is -0.345 e. The Balaban J connectivity index is 2.73. The second kappa shape index (κ2) is 3.08. The van der Waals surface area contributed by atoms with Crippen molar-refractivity contribution in [2.45, 2.75) is 26.2 Å². The van der Waals surface area contributed by atoms with Crippen LogP contribution in [0.2, 0.25) is 0 Å². The zero-order valence-corrected chi connectivity index (χ0v) is 8.46. The van der Waals surface area contributed by atoms with E-state index in [1.165, 1.54) is 0 Å². The summed E-state index contributed by atoms with van der Waals surface area (Å²) < 4.78 is 1.85. The molecule has 1 aliphatic rings. The highest BCUT2D eigenvalue weighted by molar-refractivity contribution is 6.00. The summed E-state index contributed by atoms with van der Waals surface area (Å²) in [7, 11) is 1.85. The lowest BCUT2D eigenvalue weighted by Gasteiger charge is -2.12. The van der Waals surface area contributed by atoms with E-state index in [0.29, 0.717) is 6.42 Å². The van der Waals surface area contributed by atoms with Crippen LogP contribution in [-0.2, 0) is 13.5 Å². The Bertz CT molecular complexity index is 415. The lowest BCUT2D eigenvalue weighted by atomic mass is 9.94. The first-order valence-corrected chi connectivity index (χ1v) is 4.83. The number of carbonyl (C=O) groups is 2. The molecule has 1 aromatic rings. The summed E-state index contributed by atoms with van der Waals surface area (Å²) in [4.78, 5) is 22.5. The third-order valence-electron chi connectivity index (χ3n) is 3.05. The summed E-state index contributed by atoms with van der Waals surface area (Å²) in [6.07, 6.45) is 3.21. The molecule has 3 heteroatoms. The first kappa shape index (κ1) is 9.19. The lowest BCUT2D eigenvalue weighted by Crippen LogP contribution is -2.14. The Morgan fingerprint density at radius 3 is 2.71 bits per heavy atom. The quantitative estimate of drug-likeness (QED) is 0.633. The van der Waals surface area contributed by atoms with Crippen LogP contribution in [0.1, 0.15) is 44.9 Å². The average Bonchev–Trinajstić information content (AvgIpc) is 2.41. The molecule has 0 fully saturated rings. The maximum Gasteiger partial charge on any atom is 0.179 e. The number of nitrogens with zero attached hydrogens (tertiary/aromatic N) is 1. The number of rotatable bonds is 1. The highest BCUT2D eigenvalue weighted by atomic mass is 16.1. The average molecular weight is 191 g/mol. The molecule has 0 spiro atoms. The molecule has 1 heterocycles. The number of aromatic nitrogens is 1. The number of fused-ring (bicyclic) bond motifs is 1. The van der Waals surface area contributed by atoms with E-state index in [0.717, 1.165) is 41.6 Å². The van der Waals surface area contributed by atoms with E-state index in [2.05, 4.69) is 0 Å². The molecule has 0 saturated carbocycles. The minimum absolute atomic E-state index is 0.171. The zero-order valence-electron chi connectivity index (χ0n) is 8.46. The third kappa shape index (κ3) is 1.05. The SMILES string of the molecule is Cc1c(C=O)c2c(n1C)C(=O)CCC2. The second-order valence-electron chi connectivity index (χ2n) is 3.78. The third-order valence-corrected chi connectivity index (χ3v) is 3.05. The summed E-state index contributed by atoms with van der Waals surface area (Å²) in [5.74, 6) is 0.171. The van der Waals surface area contributed by atoms with Gasteiger partial charge < -0.3 is 4.57 Å². The van der Waals surface area contributed by atoms with Crippen molar-refractivity contribution in [1.82, 2.24) is 4.57 Å². The van der Waals surface area contributed by atoms with Gasteiger partial charge in [0.25, 0.3) is 0 Å². The van der Waals surface area contributed by atoms with Crippen LogP contribution in [-0.4, -0.2) is 16.6 Å². The van der Waals surface area contributed by atoms with Crippen LogP contribution in [0.4, 0.5) is 0 Å². The number of hydrogen-bond donors (Lipinski definition) is 0. The molecule has 0 N–H and O–H groups in total. The molecular formula is C11H13NO2. The van der Waals surface area contributed by atoms with Gasteiger partial charge in [-0.25, -0.2) is 0 Å². The Hall–Kier alpha value is -1.38. The Labute approximate surface area is 82.7 Å². The molecule has 74 valence electrons. The molecule has 2 rings (SSSR count). The van der Waals surface area contributed by atoms with E-state index in [1.54, 1.807) is 0 Å². The predicted molar refractivity (Wildman–Crippen MR) is 52.8 cm³/mol. The van der Waals surface area contributed by atoms with E-state index >= 15 is 0 Å². The number of aldehydes is 1. The van der Waals surface area contributed by atoms with Crippen LogP contribution in [0.15, 0.2) is 0 Å². The fourth-order valence-electron chi connectivity index (χ4n) is 2.21. The topological polar surface area (TPSA) is 39.1 Å². The van der Waals surface area contributed by atoms with Crippen LogP contribution in [0, 0.1) is 6.92 Å². The predicted octanol–water partition coefficient (Wildman–Crippen LogP) is 1.67. The van der Waals surface area contributed by atoms with Gasteiger partial charge in [0, 0.05) is 24.7 Å². The summed E-state index contributed by atoms with van der Waals surface area (Å²) in [6, 6.07) is 0. The Morgan fingerprint density at radius 2 is 2.07 bits per heavy atom. The molecule has 3 nitrogen and oxygen atoms in total. The second-order valence-corrected chi connectivity index (χ2v) is 3.78. The van der Waals surface area contributed by atoms with Gasteiger partial charge in [-0.15, -0.1) is 0 Å². The van der Waals surface area contributed by atoms with E-state index < -0.39 is 0 Å². The van der Waals surface area contributed by atoms with Crippen molar-refractivity contribution in [3.63, 3.8) is 0 Å². The molecule has 0 bridgehead atoms. The van der Waals surface area contributed by atoms with Crippen LogP contribution >= 0.6 is 0 Å². The van der Waals surface area contributed by atoms with Gasteiger partial charge in [-0.3, -0.25) is 9.59 Å². The van der Waals surface area contributed by atoms with E-state index in [-0.39, 0.29) is 5.78 Å². The summed E-state index contributed by atoms with van der Waals surface area (Å²) in [6.45, 7) is 1.88. The van der Waals surface area contributed by atoms with E-state index in [4.69, 9.17) is 0 Å². The van der Waals surface area contributed by atoms with E-state index in [1.807, 2.05) is 18.5 Å². The molecule has 1 aliphatic carbocycles. The molecule has 0 aliphatic heterocycles. The molecule has 0 atom stereocenters. The summed E-state index contributed by atoms with van der Waals surface area (Å²) in [5, 5.41) is 0. The Morgan fingerprint density at radius 1 is 1.36 bits per heavy atom. The molecule has 1 aromatic heterocycles. The van der Waals surface area contributed by atoms with Crippen molar-refractivity contribution >= 4 is 12.1 Å². The molecule has 0 radical (unpaired) electrons. The highest BCUT2D eigenvalue weighted by Crippen LogP contribution is 2.27. The largest absolute Gasteiger partial charge is 0.345 e. The normalized spacial score (nSPS) is 15.4. The number of Topliss-reactive ketones (excluding diaryl/α,β-unsaturated/α-hetero) is 1. The molecule has 0 unspecified atom stereocenters. The standard InChI is InChI=1S/C11H13NO2/c1-7-9(6-13)8-4-3-5-10(14)11(8)12(7)2/h6H,3-5H2,1-2H3. The van der Waals surface area contributed by atoms with Gasteiger partial charge in [-0.2, -0.15) is 0 Å². The van der Waals surface area contributed by atoms with Gasteiger partial charge in [-0.1, -0.05) is 0 Å². The fraction of sp³-hybridized carbons (Fsp3) is 0.455. The number of carbonyl (C=O) groups excluding carboxylic acids is 2. The van der Waals surface area contributed by atoms with Gasteiger partial charge in [0.1, 0.15) is 0 Å². The highest BCUT2D eigenvalue weighted by Gasteiger charge is 2.25. The zero-order chi connectivity index (χ0) is 10.3. The number of hydrogen-bond acceptors (Lipinski definition) is 2. The fourth-order valence-corrected chi connectivity index (χ4v) is 2.21. The monoisotopic (exact) mass is 191 g/mol. The van der Waals surface area contributed by atoms with Gasteiger partial charge in [0.15, 0.2) is 12.1 Å². The van der Waals surface area contributed by atoms with Crippen molar-refractivity contribution in [3.8, 4) is 0 Å². The molecule has 0 aromatic carbocycles. The van der Waals surface area contributed by atoms with Crippen LogP contribution < -0.4 is 0 Å². The van der Waals surface area contributed by atoms with Gasteiger partial charge in [0.05, 0.1) is 5.69 Å². The first-order valence-electron chi connectivity index (χ1n) is 4.83. The molecule has 14 heavy (non-hydrogen) atoms. The van der Waals surface area contributed by atoms with Crippen LogP contribution in [0.5, 0.6) is 0 Å². The summed E-state index contributed by atoms with van der Waals surface area (Å²) >= 11 is 0. The van der Waals surface area contributed by atoms with Crippen molar-refractivity contribution in [2.75, 3.05) is 0 Å². The van der Waals surface area contributed by atoms with Crippen LogP contribution in [0.3, 0.4) is 0 Å². The summed E-state index contributed by atoms with van der Waals surface area (Å²) in [5.41, 5.74) is 3.32. The van der Waals surface area contributed by atoms with Crippen molar-refractivity contribution in [1.29, 1.82) is 0 Å². The number of ketones is 1. The lowest BCUT2D eigenvalue weighted by molar-refractivity contribution is 0.0964. The van der Waals surface area contributed by atoms with Crippen LogP contribution in [0.25, 0.3) is 0 Å². The molecule has 0 amide bonds. The Kier molecular flexibility index (Phi) is 2.02. The van der Waals surface area contributed by atoms with E-state index in [9.17, 15) is 9.59 Å². The van der Waals surface area contributed by atoms with Gasteiger partial charge >= 0.3 is 0 Å². The first-order chi connectivity index (χ1) is 6.66. The molecular weight excluding hydrogens is 178 g/mol. The smallest absolute Gasteiger partial charge is 0.179 e. The van der Waals surface area contributed by atoms with Gasteiger partial charge in [0.2, 0.25) is 0 Å². The van der Waals surface area contributed by atoms with Crippen molar-refractivity contribution in [2.24, 2.45) is 7.05 Å². The minimum atomic E-state index is 0.171.